The standard InChI is InChI=1S/C16H27N3/c1-12-7-5-6-8-14(12)15(17)10-19-9-13(2)16(11-19)18(3)4/h5-8,13,15-16H,9-11,17H2,1-4H3. The third kappa shape index (κ3) is 3.35. The summed E-state index contributed by atoms with van der Waals surface area (Å²) in [5.41, 5.74) is 8.97. The lowest BCUT2D eigenvalue weighted by Gasteiger charge is -2.24. The summed E-state index contributed by atoms with van der Waals surface area (Å²) in [4.78, 5) is 4.84. The zero-order valence-corrected chi connectivity index (χ0v) is 12.6. The summed E-state index contributed by atoms with van der Waals surface area (Å²) in [6.45, 7) is 7.73. The highest BCUT2D eigenvalue weighted by atomic mass is 15.2. The lowest BCUT2D eigenvalue weighted by Crippen LogP contribution is -2.36. The molecule has 0 aromatic heterocycles. The summed E-state index contributed by atoms with van der Waals surface area (Å²) >= 11 is 0. The summed E-state index contributed by atoms with van der Waals surface area (Å²) in [5, 5.41) is 0. The third-order valence-corrected chi connectivity index (χ3v) is 4.35. The van der Waals surface area contributed by atoms with E-state index in [4.69, 9.17) is 5.73 Å². The first-order valence-electron chi connectivity index (χ1n) is 7.19. The van der Waals surface area contributed by atoms with Crippen LogP contribution in [0.2, 0.25) is 0 Å². The van der Waals surface area contributed by atoms with Gasteiger partial charge in [0.05, 0.1) is 0 Å². The van der Waals surface area contributed by atoms with Gasteiger partial charge in [0.25, 0.3) is 0 Å². The maximum atomic E-state index is 6.39. The van der Waals surface area contributed by atoms with Crippen LogP contribution in [0.4, 0.5) is 0 Å². The van der Waals surface area contributed by atoms with Gasteiger partial charge in [-0.1, -0.05) is 31.2 Å². The monoisotopic (exact) mass is 261 g/mol. The fourth-order valence-electron chi connectivity index (χ4n) is 3.25. The van der Waals surface area contributed by atoms with Gasteiger partial charge in [-0.05, 0) is 38.1 Å². The molecule has 1 saturated heterocycles. The van der Waals surface area contributed by atoms with Crippen LogP contribution < -0.4 is 5.73 Å². The van der Waals surface area contributed by atoms with E-state index in [0.29, 0.717) is 6.04 Å². The lowest BCUT2D eigenvalue weighted by molar-refractivity contribution is 0.248. The zero-order valence-electron chi connectivity index (χ0n) is 12.6. The number of likely N-dealkylation sites (N-methyl/N-ethyl adjacent to an activating group) is 1. The highest BCUT2D eigenvalue weighted by Gasteiger charge is 2.31. The molecule has 106 valence electrons. The van der Waals surface area contributed by atoms with Gasteiger partial charge in [-0.3, -0.25) is 4.90 Å². The molecule has 0 aliphatic carbocycles. The van der Waals surface area contributed by atoms with Crippen LogP contribution in [-0.4, -0.2) is 49.6 Å². The molecule has 1 heterocycles. The first-order chi connectivity index (χ1) is 8.99. The van der Waals surface area contributed by atoms with Crippen LogP contribution >= 0.6 is 0 Å². The molecule has 1 aromatic rings. The van der Waals surface area contributed by atoms with Crippen LogP contribution in [0.25, 0.3) is 0 Å². The predicted octanol–water partition coefficient (Wildman–Crippen LogP) is 1.88. The molecule has 19 heavy (non-hydrogen) atoms. The van der Waals surface area contributed by atoms with E-state index in [1.165, 1.54) is 11.1 Å². The number of aryl methyl sites for hydroxylation is 1. The van der Waals surface area contributed by atoms with Crippen molar-refractivity contribution in [3.63, 3.8) is 0 Å². The van der Waals surface area contributed by atoms with Crippen molar-refractivity contribution in [2.45, 2.75) is 25.9 Å². The number of rotatable bonds is 4. The topological polar surface area (TPSA) is 32.5 Å². The summed E-state index contributed by atoms with van der Waals surface area (Å²) in [7, 11) is 4.35. The van der Waals surface area contributed by atoms with Gasteiger partial charge >= 0.3 is 0 Å². The van der Waals surface area contributed by atoms with E-state index in [9.17, 15) is 0 Å². The van der Waals surface area contributed by atoms with Gasteiger partial charge in [0, 0.05) is 31.7 Å². The molecule has 1 aliphatic rings. The van der Waals surface area contributed by atoms with E-state index >= 15 is 0 Å². The lowest BCUT2D eigenvalue weighted by atomic mass is 10.0. The Balaban J connectivity index is 1.97. The number of benzene rings is 1. The van der Waals surface area contributed by atoms with Crippen LogP contribution in [0.15, 0.2) is 24.3 Å². The van der Waals surface area contributed by atoms with E-state index < -0.39 is 0 Å². The molecule has 0 radical (unpaired) electrons. The molecular formula is C16H27N3. The van der Waals surface area contributed by atoms with Crippen molar-refractivity contribution in [2.75, 3.05) is 33.7 Å². The first-order valence-corrected chi connectivity index (χ1v) is 7.19. The Morgan fingerprint density at radius 2 is 2.00 bits per heavy atom. The number of likely N-dealkylation sites (tertiary alicyclic amines) is 1. The normalized spacial score (nSPS) is 26.0. The minimum Gasteiger partial charge on any atom is -0.323 e. The quantitative estimate of drug-likeness (QED) is 0.898. The second-order valence-electron chi connectivity index (χ2n) is 6.19. The van der Waals surface area contributed by atoms with Gasteiger partial charge in [0.15, 0.2) is 0 Å². The Morgan fingerprint density at radius 1 is 1.32 bits per heavy atom. The predicted molar refractivity (Wildman–Crippen MR) is 81.2 cm³/mol. The largest absolute Gasteiger partial charge is 0.323 e. The molecule has 0 bridgehead atoms. The molecule has 2 rings (SSSR count). The molecule has 1 fully saturated rings. The summed E-state index contributed by atoms with van der Waals surface area (Å²) in [6.07, 6.45) is 0. The highest BCUT2D eigenvalue weighted by Crippen LogP contribution is 2.23. The maximum Gasteiger partial charge on any atom is 0.0426 e. The molecule has 3 atom stereocenters. The second kappa shape index (κ2) is 6.04. The first kappa shape index (κ1) is 14.5. The number of nitrogens with two attached hydrogens (primary N) is 1. The molecule has 1 aliphatic heterocycles. The SMILES string of the molecule is Cc1ccccc1C(N)CN1CC(C)C(N(C)C)C1. The summed E-state index contributed by atoms with van der Waals surface area (Å²) < 4.78 is 0. The van der Waals surface area contributed by atoms with Gasteiger partial charge in [-0.15, -0.1) is 0 Å². The van der Waals surface area contributed by atoms with Crippen LogP contribution in [-0.2, 0) is 0 Å². The highest BCUT2D eigenvalue weighted by molar-refractivity contribution is 5.28. The van der Waals surface area contributed by atoms with E-state index in [2.05, 4.69) is 62.0 Å². The van der Waals surface area contributed by atoms with Gasteiger partial charge in [0.1, 0.15) is 0 Å². The number of hydrogen-bond acceptors (Lipinski definition) is 3. The van der Waals surface area contributed by atoms with Crippen LogP contribution in [0.5, 0.6) is 0 Å². The number of hydrogen-bond donors (Lipinski definition) is 1. The zero-order chi connectivity index (χ0) is 14.0. The van der Waals surface area contributed by atoms with Crippen molar-refractivity contribution in [3.8, 4) is 0 Å². The van der Waals surface area contributed by atoms with Crippen LogP contribution in [0.3, 0.4) is 0 Å². The smallest absolute Gasteiger partial charge is 0.0426 e. The van der Waals surface area contributed by atoms with Crippen molar-refractivity contribution in [1.82, 2.24) is 9.80 Å². The Bertz CT molecular complexity index is 416. The maximum absolute atomic E-state index is 6.39. The minimum absolute atomic E-state index is 0.120. The minimum atomic E-state index is 0.120. The average molecular weight is 261 g/mol. The Labute approximate surface area is 117 Å². The molecular weight excluding hydrogens is 234 g/mol. The van der Waals surface area contributed by atoms with Crippen LogP contribution in [0, 0.1) is 12.8 Å². The Morgan fingerprint density at radius 3 is 2.58 bits per heavy atom. The molecule has 3 nitrogen and oxygen atoms in total. The third-order valence-electron chi connectivity index (χ3n) is 4.35. The van der Waals surface area contributed by atoms with Gasteiger partial charge in [-0.25, -0.2) is 0 Å². The Hall–Kier alpha value is -0.900. The molecule has 0 spiro atoms. The average Bonchev–Trinajstić information content (AvgIpc) is 2.70. The van der Waals surface area contributed by atoms with E-state index in [1.54, 1.807) is 0 Å². The fourth-order valence-corrected chi connectivity index (χ4v) is 3.25. The van der Waals surface area contributed by atoms with E-state index in [-0.39, 0.29) is 6.04 Å². The number of nitrogens with zero attached hydrogens (tertiary/aromatic N) is 2. The van der Waals surface area contributed by atoms with Crippen molar-refractivity contribution >= 4 is 0 Å². The van der Waals surface area contributed by atoms with Crippen molar-refractivity contribution < 1.29 is 0 Å². The fraction of sp³-hybridized carbons (Fsp3) is 0.625. The van der Waals surface area contributed by atoms with Gasteiger partial charge < -0.3 is 10.6 Å². The molecule has 3 unspecified atom stereocenters. The summed E-state index contributed by atoms with van der Waals surface area (Å²) in [6, 6.07) is 9.23. The molecule has 0 saturated carbocycles. The van der Waals surface area contributed by atoms with E-state index in [0.717, 1.165) is 25.6 Å². The summed E-state index contributed by atoms with van der Waals surface area (Å²) in [5.74, 6) is 0.721. The van der Waals surface area contributed by atoms with E-state index in [1.807, 2.05) is 0 Å². The molecule has 0 amide bonds. The van der Waals surface area contributed by atoms with Crippen molar-refractivity contribution in [1.29, 1.82) is 0 Å². The van der Waals surface area contributed by atoms with Gasteiger partial charge in [-0.2, -0.15) is 0 Å². The van der Waals surface area contributed by atoms with Gasteiger partial charge in [0.2, 0.25) is 0 Å². The molecule has 2 N–H and O–H groups in total. The second-order valence-corrected chi connectivity index (χ2v) is 6.19. The van der Waals surface area contributed by atoms with Crippen LogP contribution in [0.1, 0.15) is 24.1 Å². The molecule has 3 heteroatoms. The van der Waals surface area contributed by atoms with Crippen molar-refractivity contribution in [3.05, 3.63) is 35.4 Å². The Kier molecular flexibility index (Phi) is 4.61. The van der Waals surface area contributed by atoms with Crippen molar-refractivity contribution in [2.24, 2.45) is 11.7 Å². The molecule has 1 aromatic carbocycles.